The minimum Gasteiger partial charge on any atom is -0.432 e. The van der Waals surface area contributed by atoms with Crippen LogP contribution in [0.5, 0.6) is 5.75 Å². The number of fused-ring (bicyclic) bond motifs is 2. The van der Waals surface area contributed by atoms with Crippen LogP contribution in [-0.2, 0) is 12.8 Å². The first-order valence-corrected chi connectivity index (χ1v) is 13.3. The van der Waals surface area contributed by atoms with Gasteiger partial charge in [0.15, 0.2) is 11.6 Å². The van der Waals surface area contributed by atoms with Gasteiger partial charge in [0.1, 0.15) is 0 Å². The van der Waals surface area contributed by atoms with Crippen molar-refractivity contribution in [2.45, 2.75) is 110 Å². The van der Waals surface area contributed by atoms with Crippen molar-refractivity contribution in [1.82, 2.24) is 0 Å². The van der Waals surface area contributed by atoms with Crippen molar-refractivity contribution in [2.75, 3.05) is 0 Å². The Balaban J connectivity index is 1.27. The van der Waals surface area contributed by atoms with Gasteiger partial charge in [-0.3, -0.25) is 0 Å². The Hall–Kier alpha value is -1.19. The van der Waals surface area contributed by atoms with Crippen molar-refractivity contribution in [3.63, 3.8) is 0 Å². The molecule has 2 fully saturated rings. The Kier molecular flexibility index (Phi) is 8.45. The summed E-state index contributed by atoms with van der Waals surface area (Å²) in [6.45, 7) is -0.700. The van der Waals surface area contributed by atoms with E-state index in [1.165, 1.54) is 89.2 Å². The number of benzene rings is 1. The molecule has 1 aromatic rings. The van der Waals surface area contributed by atoms with Gasteiger partial charge in [-0.05, 0) is 104 Å². The van der Waals surface area contributed by atoms with E-state index in [0.29, 0.717) is 5.92 Å². The first-order chi connectivity index (χ1) is 15.5. The van der Waals surface area contributed by atoms with Crippen LogP contribution in [0, 0.1) is 35.4 Å². The van der Waals surface area contributed by atoms with Gasteiger partial charge in [0.25, 0.3) is 0 Å². The van der Waals surface area contributed by atoms with Crippen LogP contribution in [0.1, 0.15) is 102 Å². The van der Waals surface area contributed by atoms with Crippen LogP contribution in [0.4, 0.5) is 13.2 Å². The van der Waals surface area contributed by atoms with Crippen LogP contribution >= 0.6 is 0 Å². The van der Waals surface area contributed by atoms with Gasteiger partial charge in [0.05, 0.1) is 0 Å². The molecule has 0 aliphatic heterocycles. The van der Waals surface area contributed by atoms with Crippen molar-refractivity contribution < 1.29 is 17.9 Å². The van der Waals surface area contributed by atoms with Crippen molar-refractivity contribution in [3.8, 4) is 5.75 Å². The normalized spacial score (nSPS) is 30.1. The lowest BCUT2D eigenvalue weighted by Gasteiger charge is -2.45. The molecule has 2 saturated carbocycles. The molecule has 32 heavy (non-hydrogen) atoms. The summed E-state index contributed by atoms with van der Waals surface area (Å²) in [5.41, 5.74) is 2.00. The maximum Gasteiger partial charge on any atom is 0.387 e. The van der Waals surface area contributed by atoms with Crippen LogP contribution in [0.15, 0.2) is 12.1 Å². The molecule has 1 aromatic carbocycles. The van der Waals surface area contributed by atoms with E-state index in [2.05, 4.69) is 11.7 Å². The first-order valence-electron chi connectivity index (χ1n) is 13.3. The molecule has 3 aliphatic rings. The second-order valence-corrected chi connectivity index (χ2v) is 10.9. The third-order valence-corrected chi connectivity index (χ3v) is 8.88. The summed E-state index contributed by atoms with van der Waals surface area (Å²) in [6.07, 6.45) is 19.6. The number of rotatable bonds is 9. The van der Waals surface area contributed by atoms with Gasteiger partial charge in [-0.2, -0.15) is 8.78 Å². The highest BCUT2D eigenvalue weighted by molar-refractivity contribution is 5.39. The van der Waals surface area contributed by atoms with E-state index in [9.17, 15) is 13.2 Å². The molecular weight excluding hydrogens is 409 g/mol. The van der Waals surface area contributed by atoms with Crippen molar-refractivity contribution in [3.05, 3.63) is 29.1 Å². The summed E-state index contributed by atoms with van der Waals surface area (Å²) in [5.74, 6) is 3.19. The highest BCUT2D eigenvalue weighted by Gasteiger charge is 2.38. The molecule has 0 aromatic heterocycles. The van der Waals surface area contributed by atoms with E-state index in [0.717, 1.165) is 54.1 Å². The summed E-state index contributed by atoms with van der Waals surface area (Å²) in [5, 5.41) is 0. The van der Waals surface area contributed by atoms with E-state index in [1.54, 1.807) is 0 Å². The first kappa shape index (κ1) is 24.0. The monoisotopic (exact) mass is 450 g/mol. The maximum absolute atomic E-state index is 14.3. The van der Waals surface area contributed by atoms with Gasteiger partial charge >= 0.3 is 6.61 Å². The Morgan fingerprint density at radius 2 is 1.56 bits per heavy atom. The van der Waals surface area contributed by atoms with E-state index in [4.69, 9.17) is 0 Å². The number of ether oxygens (including phenoxy) is 1. The molecule has 1 nitrogen and oxygen atoms in total. The highest BCUT2D eigenvalue weighted by Crippen LogP contribution is 2.49. The lowest BCUT2D eigenvalue weighted by Crippen LogP contribution is -2.35. The Morgan fingerprint density at radius 1 is 0.844 bits per heavy atom. The zero-order chi connectivity index (χ0) is 22.5. The van der Waals surface area contributed by atoms with Crippen LogP contribution in [0.25, 0.3) is 0 Å². The standard InChI is InChI=1S/C28H41F3O/c1-2-3-4-5-6-7-19-8-9-21-15-22(11-10-20(21)14-19)23-12-13-24-18-27(32-28(30)31)26(29)17-25(24)16-23/h17-23,28H,2-16H2,1H3. The predicted molar refractivity (Wildman–Crippen MR) is 124 cm³/mol. The fourth-order valence-electron chi connectivity index (χ4n) is 7.12. The number of halogens is 3. The van der Waals surface area contributed by atoms with Crippen molar-refractivity contribution in [1.29, 1.82) is 0 Å². The lowest BCUT2D eigenvalue weighted by molar-refractivity contribution is -0.0522. The molecule has 3 aliphatic carbocycles. The summed E-state index contributed by atoms with van der Waals surface area (Å²) in [7, 11) is 0. The molecule has 0 bridgehead atoms. The van der Waals surface area contributed by atoms with E-state index < -0.39 is 12.4 Å². The molecule has 4 heteroatoms. The van der Waals surface area contributed by atoms with E-state index in [-0.39, 0.29) is 5.75 Å². The van der Waals surface area contributed by atoms with Crippen molar-refractivity contribution in [2.24, 2.45) is 29.6 Å². The predicted octanol–water partition coefficient (Wildman–Crippen LogP) is 8.73. The number of alkyl halides is 2. The van der Waals surface area contributed by atoms with Gasteiger partial charge in [0, 0.05) is 0 Å². The number of hydrogen-bond acceptors (Lipinski definition) is 1. The molecule has 0 spiro atoms. The molecule has 0 amide bonds. The fraction of sp³-hybridized carbons (Fsp3) is 0.786. The van der Waals surface area contributed by atoms with E-state index >= 15 is 0 Å². The summed E-state index contributed by atoms with van der Waals surface area (Å²) >= 11 is 0. The minimum atomic E-state index is -2.98. The topological polar surface area (TPSA) is 9.23 Å². The zero-order valence-electron chi connectivity index (χ0n) is 19.8. The Labute approximate surface area is 192 Å². The van der Waals surface area contributed by atoms with Crippen LogP contribution in [0.2, 0.25) is 0 Å². The molecule has 0 heterocycles. The van der Waals surface area contributed by atoms with Gasteiger partial charge in [-0.1, -0.05) is 51.9 Å². The molecule has 5 unspecified atom stereocenters. The smallest absolute Gasteiger partial charge is 0.387 e. The number of hydrogen-bond donors (Lipinski definition) is 0. The van der Waals surface area contributed by atoms with Crippen LogP contribution < -0.4 is 4.74 Å². The summed E-state index contributed by atoms with van der Waals surface area (Å²) in [4.78, 5) is 0. The summed E-state index contributed by atoms with van der Waals surface area (Å²) in [6, 6.07) is 2.96. The third kappa shape index (κ3) is 6.03. The van der Waals surface area contributed by atoms with Crippen LogP contribution in [-0.4, -0.2) is 6.61 Å². The molecule has 0 N–H and O–H groups in total. The average molecular weight is 451 g/mol. The largest absolute Gasteiger partial charge is 0.432 e. The molecule has 0 saturated heterocycles. The highest BCUT2D eigenvalue weighted by atomic mass is 19.3. The number of unbranched alkanes of at least 4 members (excludes halogenated alkanes) is 4. The Morgan fingerprint density at radius 3 is 2.34 bits per heavy atom. The fourth-order valence-corrected chi connectivity index (χ4v) is 7.12. The summed E-state index contributed by atoms with van der Waals surface area (Å²) < 4.78 is 43.6. The minimum absolute atomic E-state index is 0.306. The molecule has 4 rings (SSSR count). The van der Waals surface area contributed by atoms with Gasteiger partial charge in [0.2, 0.25) is 0 Å². The molecular formula is C28H41F3O. The third-order valence-electron chi connectivity index (χ3n) is 8.88. The SMILES string of the molecule is CCCCCCCC1CCC2CC(C3CCc4cc(OC(F)F)c(F)cc4C3)CCC2C1. The van der Waals surface area contributed by atoms with E-state index in [1.807, 2.05) is 0 Å². The Bertz CT molecular complexity index is 734. The second-order valence-electron chi connectivity index (χ2n) is 10.9. The second kappa shape index (κ2) is 11.3. The quantitative estimate of drug-likeness (QED) is 0.342. The zero-order valence-corrected chi connectivity index (χ0v) is 19.8. The van der Waals surface area contributed by atoms with Crippen LogP contribution in [0.3, 0.4) is 0 Å². The average Bonchev–Trinajstić information content (AvgIpc) is 2.78. The van der Waals surface area contributed by atoms with Gasteiger partial charge < -0.3 is 4.74 Å². The lowest BCUT2D eigenvalue weighted by atomic mass is 9.61. The number of aryl methyl sites for hydroxylation is 1. The molecule has 5 atom stereocenters. The van der Waals surface area contributed by atoms with Gasteiger partial charge in [-0.25, -0.2) is 4.39 Å². The molecule has 180 valence electrons. The maximum atomic E-state index is 14.3. The van der Waals surface area contributed by atoms with Crippen molar-refractivity contribution >= 4 is 0 Å². The van der Waals surface area contributed by atoms with Gasteiger partial charge in [-0.15, -0.1) is 0 Å². The molecule has 0 radical (unpaired) electrons.